The predicted octanol–water partition coefficient (Wildman–Crippen LogP) is 0.309. The van der Waals surface area contributed by atoms with Crippen LogP contribution >= 0.6 is 11.8 Å². The van der Waals surface area contributed by atoms with Crippen LogP contribution in [-0.2, 0) is 16.1 Å². The number of likely N-dealkylation sites (N-methyl/N-ethyl adjacent to an activating group) is 1. The van der Waals surface area contributed by atoms with Gasteiger partial charge in [0.25, 0.3) is 11.1 Å². The summed E-state index contributed by atoms with van der Waals surface area (Å²) < 4.78 is 10.9. The minimum Gasteiger partial charge on any atom is -0.493 e. The molecule has 2 rings (SSSR count). The number of imide groups is 1. The van der Waals surface area contributed by atoms with Crippen molar-refractivity contribution in [2.45, 2.75) is 26.4 Å². The maximum Gasteiger partial charge on any atom is 0.288 e. The summed E-state index contributed by atoms with van der Waals surface area (Å²) in [6, 6.07) is 5.46. The van der Waals surface area contributed by atoms with Crippen molar-refractivity contribution >= 4 is 28.8 Å². The van der Waals surface area contributed by atoms with Crippen molar-refractivity contribution in [2.75, 3.05) is 39.6 Å². The van der Waals surface area contributed by atoms with Crippen molar-refractivity contribution in [3.05, 3.63) is 23.8 Å². The summed E-state index contributed by atoms with van der Waals surface area (Å²) >= 11 is 0.993. The second-order valence-corrected chi connectivity index (χ2v) is 7.48. The molecule has 1 aliphatic heterocycles. The summed E-state index contributed by atoms with van der Waals surface area (Å²) in [6.45, 7) is 5.42. The highest BCUT2D eigenvalue weighted by Gasteiger charge is 2.30. The van der Waals surface area contributed by atoms with Gasteiger partial charge < -0.3 is 19.7 Å². The summed E-state index contributed by atoms with van der Waals surface area (Å²) in [5.41, 5.74) is 1.03. The Morgan fingerprint density at radius 1 is 1.36 bits per heavy atom. The van der Waals surface area contributed by atoms with E-state index in [1.807, 2.05) is 39.1 Å². The third-order valence-electron chi connectivity index (χ3n) is 4.62. The lowest BCUT2D eigenvalue weighted by atomic mass is 10.1. The van der Waals surface area contributed by atoms with Crippen LogP contribution in [0.3, 0.4) is 0 Å². The number of amides is 3. The van der Waals surface area contributed by atoms with Crippen molar-refractivity contribution in [1.29, 1.82) is 0 Å². The third-order valence-corrected chi connectivity index (χ3v) is 5.48. The van der Waals surface area contributed by atoms with Crippen LogP contribution in [-0.4, -0.2) is 67.6 Å². The number of thioether (sulfide) groups is 1. The van der Waals surface area contributed by atoms with E-state index in [0.29, 0.717) is 24.7 Å². The zero-order valence-corrected chi connectivity index (χ0v) is 17.6. The molecule has 1 heterocycles. The van der Waals surface area contributed by atoms with Crippen LogP contribution < -0.4 is 19.7 Å². The largest absolute Gasteiger partial charge is 0.493 e. The van der Waals surface area contributed by atoms with E-state index >= 15 is 0 Å². The average molecular weight is 411 g/mol. The van der Waals surface area contributed by atoms with Gasteiger partial charge in [0.05, 0.1) is 26.5 Å². The molecule has 1 aromatic carbocycles. The summed E-state index contributed by atoms with van der Waals surface area (Å²) in [7, 11) is 3.54. The fourth-order valence-electron chi connectivity index (χ4n) is 2.84. The van der Waals surface area contributed by atoms with Crippen LogP contribution in [0.1, 0.15) is 19.4 Å². The Labute approximate surface area is 169 Å². The van der Waals surface area contributed by atoms with Crippen molar-refractivity contribution in [2.24, 2.45) is 0 Å². The van der Waals surface area contributed by atoms with Crippen molar-refractivity contribution in [3.8, 4) is 11.5 Å². The lowest BCUT2D eigenvalue weighted by Gasteiger charge is -2.22. The fourth-order valence-corrected chi connectivity index (χ4v) is 3.59. The summed E-state index contributed by atoms with van der Waals surface area (Å²) in [6.07, 6.45) is 0. The zero-order valence-electron chi connectivity index (χ0n) is 16.7. The molecule has 1 aromatic rings. The van der Waals surface area contributed by atoms with Gasteiger partial charge in [0.15, 0.2) is 17.5 Å². The third kappa shape index (κ3) is 5.62. The van der Waals surface area contributed by atoms with Gasteiger partial charge in [-0.05, 0) is 32.0 Å². The van der Waals surface area contributed by atoms with Crippen molar-refractivity contribution < 1.29 is 28.8 Å². The molecule has 0 radical (unpaired) electrons. The van der Waals surface area contributed by atoms with E-state index in [-0.39, 0.29) is 41.9 Å². The molecule has 0 bridgehead atoms. The molecule has 1 aliphatic rings. The minimum absolute atomic E-state index is 0.123. The average Bonchev–Trinajstić information content (AvgIpc) is 3.00. The molecule has 1 unspecified atom stereocenters. The molecular weight excluding hydrogens is 382 g/mol. The zero-order chi connectivity index (χ0) is 20.7. The molecule has 8 nitrogen and oxygen atoms in total. The van der Waals surface area contributed by atoms with Gasteiger partial charge in [-0.25, -0.2) is 0 Å². The van der Waals surface area contributed by atoms with Crippen molar-refractivity contribution in [3.63, 3.8) is 0 Å². The second kappa shape index (κ2) is 10.3. The van der Waals surface area contributed by atoms with E-state index in [9.17, 15) is 14.4 Å². The summed E-state index contributed by atoms with van der Waals surface area (Å²) in [5, 5.41) is 2.56. The molecule has 3 amide bonds. The van der Waals surface area contributed by atoms with Crippen LogP contribution in [0.25, 0.3) is 0 Å². The van der Waals surface area contributed by atoms with E-state index in [2.05, 4.69) is 5.32 Å². The highest BCUT2D eigenvalue weighted by Crippen LogP contribution is 2.27. The number of carbonyl (C=O) groups is 3. The minimum atomic E-state index is -0.295. The number of nitrogens with one attached hydrogen (secondary N) is 2. The Hall–Kier alpha value is -2.26. The van der Waals surface area contributed by atoms with E-state index in [0.717, 1.165) is 22.2 Å². The van der Waals surface area contributed by atoms with Crippen molar-refractivity contribution in [1.82, 2.24) is 10.2 Å². The van der Waals surface area contributed by atoms with Gasteiger partial charge in [0, 0.05) is 18.7 Å². The molecular formula is C19H28N3O5S+. The van der Waals surface area contributed by atoms with Crippen LogP contribution in [0.4, 0.5) is 4.79 Å². The molecule has 0 aliphatic carbocycles. The topological polar surface area (TPSA) is 89.4 Å². The molecule has 2 N–H and O–H groups in total. The number of hydrogen-bond donors (Lipinski definition) is 2. The lowest BCUT2D eigenvalue weighted by molar-refractivity contribution is -0.908. The monoisotopic (exact) mass is 410 g/mol. The molecule has 154 valence electrons. The predicted molar refractivity (Wildman–Crippen MR) is 107 cm³/mol. The number of rotatable bonds is 10. The standard InChI is InChI=1S/C19H27N3O5S/c1-5-27-15-7-6-14(10-16(15)26-4)11-21(3)13(2)18(24)20-8-9-22-17(23)12-28-19(22)25/h6-7,10,13H,5,8-9,11-12H2,1-4H3,(H,20,24)/p+1/t13-/m0/s1. The second-order valence-electron chi connectivity index (χ2n) is 6.55. The molecule has 0 spiro atoms. The van der Waals surface area contributed by atoms with Crippen LogP contribution in [0, 0.1) is 0 Å². The van der Waals surface area contributed by atoms with E-state index in [4.69, 9.17) is 9.47 Å². The quantitative estimate of drug-likeness (QED) is 0.577. The number of carbonyl (C=O) groups excluding carboxylic acids is 3. The summed E-state index contributed by atoms with van der Waals surface area (Å²) in [5.74, 6) is 1.22. The molecule has 0 aromatic heterocycles. The molecule has 2 atom stereocenters. The van der Waals surface area contributed by atoms with Gasteiger partial charge >= 0.3 is 0 Å². The highest BCUT2D eigenvalue weighted by atomic mass is 32.2. The van der Waals surface area contributed by atoms with Crippen LogP contribution in [0.15, 0.2) is 18.2 Å². The Balaban J connectivity index is 1.85. The van der Waals surface area contributed by atoms with Gasteiger partial charge in [0.2, 0.25) is 5.91 Å². The van der Waals surface area contributed by atoms with Gasteiger partial charge in [-0.15, -0.1) is 0 Å². The summed E-state index contributed by atoms with van der Waals surface area (Å²) in [4.78, 5) is 37.7. The number of hydrogen-bond acceptors (Lipinski definition) is 6. The lowest BCUT2D eigenvalue weighted by Crippen LogP contribution is -3.12. The fraction of sp³-hybridized carbons (Fsp3) is 0.526. The van der Waals surface area contributed by atoms with Crippen LogP contribution in [0.5, 0.6) is 11.5 Å². The normalized spacial score (nSPS) is 16.1. The van der Waals surface area contributed by atoms with Gasteiger partial charge in [-0.1, -0.05) is 11.8 Å². The van der Waals surface area contributed by atoms with Crippen LogP contribution in [0.2, 0.25) is 0 Å². The molecule has 28 heavy (non-hydrogen) atoms. The molecule has 0 saturated carbocycles. The SMILES string of the molecule is CCOc1ccc(C[NH+](C)[C@@H](C)C(=O)NCCN2C(=O)CSC2=O)cc1OC. The number of ether oxygens (including phenoxy) is 2. The first-order valence-electron chi connectivity index (χ1n) is 9.24. The van der Waals surface area contributed by atoms with E-state index < -0.39 is 0 Å². The Morgan fingerprint density at radius 3 is 2.71 bits per heavy atom. The maximum absolute atomic E-state index is 12.4. The first kappa shape index (κ1) is 22.0. The number of methoxy groups -OCH3 is 1. The first-order chi connectivity index (χ1) is 13.4. The first-order valence-corrected chi connectivity index (χ1v) is 10.2. The van der Waals surface area contributed by atoms with E-state index in [1.165, 1.54) is 4.90 Å². The van der Waals surface area contributed by atoms with Gasteiger partial charge in [-0.2, -0.15) is 0 Å². The Kier molecular flexibility index (Phi) is 8.13. The van der Waals surface area contributed by atoms with Gasteiger partial charge in [0.1, 0.15) is 6.54 Å². The number of benzene rings is 1. The number of quaternary nitrogens is 1. The Morgan fingerprint density at radius 2 is 2.11 bits per heavy atom. The maximum atomic E-state index is 12.4. The molecule has 9 heteroatoms. The number of nitrogens with zero attached hydrogens (tertiary/aromatic N) is 1. The molecule has 1 saturated heterocycles. The van der Waals surface area contributed by atoms with E-state index in [1.54, 1.807) is 7.11 Å². The smallest absolute Gasteiger partial charge is 0.288 e. The molecule has 1 fully saturated rings. The van der Waals surface area contributed by atoms with Gasteiger partial charge in [-0.3, -0.25) is 19.3 Å². The highest BCUT2D eigenvalue weighted by molar-refractivity contribution is 8.14. The Bertz CT molecular complexity index is 712.